The number of aromatic nitrogens is 6. The molecule has 0 amide bonds. The van der Waals surface area contributed by atoms with Crippen LogP contribution in [-0.2, 0) is 6.54 Å². The molecular formula is C22H20F3N6O3. The van der Waals surface area contributed by atoms with E-state index in [1.54, 1.807) is 23.9 Å². The lowest BCUT2D eigenvalue weighted by Gasteiger charge is -2.20. The lowest BCUT2D eigenvalue weighted by Crippen LogP contribution is -2.24. The molecule has 12 heteroatoms. The number of rotatable bonds is 7. The standard InChI is InChI=1S/C22H20F3N6O3/c1-13-27-19(29-31(13)12-14-9-10-26-17(11-14)33-21(2,3)4)20-28-18(30-34-20)15-5-7-16(8-6-15)32-22(23,24)25/h5-11H,2,12H2,1,3-4H3. The Bertz CT molecular complexity index is 1280. The van der Waals surface area contributed by atoms with Crippen molar-refractivity contribution < 1.29 is 27.2 Å². The maximum absolute atomic E-state index is 12.3. The predicted octanol–water partition coefficient (Wildman–Crippen LogP) is 4.64. The van der Waals surface area contributed by atoms with Crippen molar-refractivity contribution in [2.75, 3.05) is 0 Å². The van der Waals surface area contributed by atoms with Gasteiger partial charge in [0.15, 0.2) is 0 Å². The second-order valence-electron chi connectivity index (χ2n) is 8.00. The summed E-state index contributed by atoms with van der Waals surface area (Å²) < 4.78 is 53.5. The average Bonchev–Trinajstić information content (AvgIpc) is 3.34. The fourth-order valence-electron chi connectivity index (χ4n) is 2.96. The lowest BCUT2D eigenvalue weighted by molar-refractivity contribution is -0.274. The van der Waals surface area contributed by atoms with Crippen LogP contribution in [0.1, 0.15) is 25.2 Å². The normalized spacial score (nSPS) is 12.1. The van der Waals surface area contributed by atoms with Crippen LogP contribution < -0.4 is 9.47 Å². The zero-order valence-electron chi connectivity index (χ0n) is 18.5. The SMILES string of the molecule is [CH2]C(C)(C)Oc1cc(Cn2nc(-c3nc(-c4ccc(OC(F)(F)F)cc4)no3)nc2C)ccn1. The Balaban J connectivity index is 1.50. The highest BCUT2D eigenvalue weighted by molar-refractivity contribution is 5.57. The molecule has 1 aromatic carbocycles. The van der Waals surface area contributed by atoms with Gasteiger partial charge in [0, 0.05) is 17.8 Å². The molecule has 0 aliphatic rings. The molecule has 0 saturated heterocycles. The van der Waals surface area contributed by atoms with Gasteiger partial charge in [-0.15, -0.1) is 18.3 Å². The van der Waals surface area contributed by atoms with Gasteiger partial charge in [-0.05, 0) is 63.6 Å². The highest BCUT2D eigenvalue weighted by Crippen LogP contribution is 2.26. The van der Waals surface area contributed by atoms with Crippen LogP contribution in [0.2, 0.25) is 0 Å². The molecule has 0 bridgehead atoms. The molecule has 0 N–H and O–H groups in total. The minimum Gasteiger partial charge on any atom is -0.472 e. The van der Waals surface area contributed by atoms with Crippen molar-refractivity contribution >= 4 is 0 Å². The fraction of sp³-hybridized carbons (Fsp3) is 0.273. The largest absolute Gasteiger partial charge is 0.573 e. The van der Waals surface area contributed by atoms with Crippen molar-refractivity contribution in [1.82, 2.24) is 29.9 Å². The molecule has 34 heavy (non-hydrogen) atoms. The Morgan fingerprint density at radius 2 is 1.76 bits per heavy atom. The summed E-state index contributed by atoms with van der Waals surface area (Å²) in [6.45, 7) is 9.75. The van der Waals surface area contributed by atoms with E-state index in [1.807, 2.05) is 19.9 Å². The van der Waals surface area contributed by atoms with Gasteiger partial charge in [-0.25, -0.2) is 14.6 Å². The van der Waals surface area contributed by atoms with Crippen LogP contribution in [0.3, 0.4) is 0 Å². The van der Waals surface area contributed by atoms with E-state index < -0.39 is 12.0 Å². The molecule has 0 unspecified atom stereocenters. The fourth-order valence-corrected chi connectivity index (χ4v) is 2.96. The van der Waals surface area contributed by atoms with E-state index in [4.69, 9.17) is 9.26 Å². The minimum atomic E-state index is -4.77. The van der Waals surface area contributed by atoms with Crippen molar-refractivity contribution in [2.45, 2.75) is 39.3 Å². The lowest BCUT2D eigenvalue weighted by atomic mass is 10.2. The van der Waals surface area contributed by atoms with Crippen LogP contribution >= 0.6 is 0 Å². The summed E-state index contributed by atoms with van der Waals surface area (Å²) in [4.78, 5) is 12.8. The number of benzene rings is 1. The molecule has 9 nitrogen and oxygen atoms in total. The van der Waals surface area contributed by atoms with Crippen molar-refractivity contribution in [2.24, 2.45) is 0 Å². The van der Waals surface area contributed by atoms with Crippen molar-refractivity contribution in [3.05, 3.63) is 60.9 Å². The number of hydrogen-bond donors (Lipinski definition) is 0. The smallest absolute Gasteiger partial charge is 0.472 e. The molecule has 1 radical (unpaired) electrons. The number of alkyl halides is 3. The molecule has 4 aromatic rings. The Morgan fingerprint density at radius 1 is 1.03 bits per heavy atom. The third kappa shape index (κ3) is 5.88. The first kappa shape index (κ1) is 23.2. The van der Waals surface area contributed by atoms with Crippen molar-refractivity contribution in [3.63, 3.8) is 0 Å². The van der Waals surface area contributed by atoms with Gasteiger partial charge in [-0.2, -0.15) is 4.98 Å². The van der Waals surface area contributed by atoms with E-state index in [1.165, 1.54) is 24.3 Å². The number of hydrogen-bond acceptors (Lipinski definition) is 8. The number of halogens is 3. The van der Waals surface area contributed by atoms with Gasteiger partial charge in [0.25, 0.3) is 5.89 Å². The van der Waals surface area contributed by atoms with Gasteiger partial charge in [-0.3, -0.25) is 0 Å². The number of ether oxygens (including phenoxy) is 2. The van der Waals surface area contributed by atoms with E-state index in [0.29, 0.717) is 23.8 Å². The minimum absolute atomic E-state index is 0.0741. The van der Waals surface area contributed by atoms with E-state index >= 15 is 0 Å². The topological polar surface area (TPSA) is 101 Å². The first-order chi connectivity index (χ1) is 15.9. The van der Waals surface area contributed by atoms with Gasteiger partial charge >= 0.3 is 6.36 Å². The summed E-state index contributed by atoms with van der Waals surface area (Å²) in [5, 5.41) is 8.30. The van der Waals surface area contributed by atoms with E-state index in [2.05, 4.69) is 36.9 Å². The van der Waals surface area contributed by atoms with Gasteiger partial charge in [0.05, 0.1) is 6.54 Å². The van der Waals surface area contributed by atoms with Crippen LogP contribution in [0.5, 0.6) is 11.6 Å². The molecule has 3 aromatic heterocycles. The Kier molecular flexibility index (Phi) is 5.98. The maximum Gasteiger partial charge on any atom is 0.573 e. The highest BCUT2D eigenvalue weighted by atomic mass is 19.4. The summed E-state index contributed by atoms with van der Waals surface area (Å²) in [6.07, 6.45) is -3.13. The summed E-state index contributed by atoms with van der Waals surface area (Å²) >= 11 is 0. The molecule has 0 spiro atoms. The molecule has 0 saturated carbocycles. The average molecular weight is 473 g/mol. The molecular weight excluding hydrogens is 453 g/mol. The second kappa shape index (κ2) is 8.76. The Morgan fingerprint density at radius 3 is 2.44 bits per heavy atom. The highest BCUT2D eigenvalue weighted by Gasteiger charge is 2.31. The number of pyridine rings is 1. The van der Waals surface area contributed by atoms with Crippen LogP contribution in [0.15, 0.2) is 47.1 Å². The van der Waals surface area contributed by atoms with Gasteiger partial charge in [0.2, 0.25) is 17.5 Å². The first-order valence-electron chi connectivity index (χ1n) is 10.1. The van der Waals surface area contributed by atoms with Crippen LogP contribution in [-0.4, -0.2) is 41.9 Å². The van der Waals surface area contributed by atoms with Crippen LogP contribution in [0.4, 0.5) is 13.2 Å². The summed E-state index contributed by atoms with van der Waals surface area (Å²) in [7, 11) is 0. The van der Waals surface area contributed by atoms with E-state index in [-0.39, 0.29) is 23.3 Å². The van der Waals surface area contributed by atoms with Crippen LogP contribution in [0, 0.1) is 13.8 Å². The van der Waals surface area contributed by atoms with Gasteiger partial charge in [0.1, 0.15) is 17.2 Å². The second-order valence-corrected chi connectivity index (χ2v) is 8.00. The summed E-state index contributed by atoms with van der Waals surface area (Å²) in [5.41, 5.74) is 0.711. The summed E-state index contributed by atoms with van der Waals surface area (Å²) in [5.74, 6) is 1.18. The Hall–Kier alpha value is -3.96. The van der Waals surface area contributed by atoms with E-state index in [9.17, 15) is 13.2 Å². The third-order valence-corrected chi connectivity index (χ3v) is 4.33. The first-order valence-corrected chi connectivity index (χ1v) is 10.1. The quantitative estimate of drug-likeness (QED) is 0.383. The molecule has 0 atom stereocenters. The maximum atomic E-state index is 12.3. The zero-order chi connectivity index (χ0) is 24.5. The molecule has 3 heterocycles. The van der Waals surface area contributed by atoms with Crippen LogP contribution in [0.25, 0.3) is 23.1 Å². The molecule has 177 valence electrons. The number of nitrogens with zero attached hydrogens (tertiary/aromatic N) is 6. The zero-order valence-corrected chi connectivity index (χ0v) is 18.5. The van der Waals surface area contributed by atoms with E-state index in [0.717, 1.165) is 5.56 Å². The Labute approximate surface area is 192 Å². The molecule has 4 rings (SSSR count). The monoisotopic (exact) mass is 473 g/mol. The van der Waals surface area contributed by atoms with Crippen molar-refractivity contribution in [1.29, 1.82) is 0 Å². The van der Waals surface area contributed by atoms with Gasteiger partial charge < -0.3 is 14.0 Å². The third-order valence-electron chi connectivity index (χ3n) is 4.33. The predicted molar refractivity (Wildman–Crippen MR) is 114 cm³/mol. The van der Waals surface area contributed by atoms with Gasteiger partial charge in [-0.1, -0.05) is 5.16 Å². The summed E-state index contributed by atoms with van der Waals surface area (Å²) in [6, 6.07) is 8.74. The van der Waals surface area contributed by atoms with Crippen molar-refractivity contribution in [3.8, 4) is 34.7 Å². The molecule has 0 fully saturated rings. The number of aryl methyl sites for hydroxylation is 1. The molecule has 0 aliphatic heterocycles. The molecule has 0 aliphatic carbocycles.